The van der Waals surface area contributed by atoms with E-state index in [9.17, 15) is 24.5 Å². The first kappa shape index (κ1) is 27.1. The van der Waals surface area contributed by atoms with E-state index in [4.69, 9.17) is 9.47 Å². The van der Waals surface area contributed by atoms with Crippen LogP contribution in [0.3, 0.4) is 0 Å². The maximum atomic E-state index is 12.9. The summed E-state index contributed by atoms with van der Waals surface area (Å²) in [7, 11) is 0. The highest BCUT2D eigenvalue weighted by Gasteiger charge is 2.35. The minimum atomic E-state index is -0.823. The summed E-state index contributed by atoms with van der Waals surface area (Å²) in [5.41, 5.74) is 0.478. The Morgan fingerprint density at radius 2 is 1.89 bits per heavy atom. The Kier molecular flexibility index (Phi) is 8.30. The van der Waals surface area contributed by atoms with E-state index in [0.29, 0.717) is 35.5 Å². The Balaban J connectivity index is 1.58. The molecule has 1 aromatic carbocycles. The average Bonchev–Trinajstić information content (AvgIpc) is 3.41. The number of nitrogens with zero attached hydrogens (tertiary/aromatic N) is 2. The zero-order valence-electron chi connectivity index (χ0n) is 21.4. The molecule has 3 heterocycles. The van der Waals surface area contributed by atoms with Gasteiger partial charge in [-0.1, -0.05) is 19.9 Å². The number of hydrogen-bond acceptors (Lipinski definition) is 9. The number of ether oxygens (including phenoxy) is 2. The number of amides is 2. The predicted octanol–water partition coefficient (Wildman–Crippen LogP) is 4.17. The lowest BCUT2D eigenvalue weighted by Crippen LogP contribution is -2.46. The first-order valence-corrected chi connectivity index (χ1v) is 13.3. The van der Waals surface area contributed by atoms with E-state index in [1.54, 1.807) is 25.1 Å². The second-order valence-corrected chi connectivity index (χ2v) is 10.5. The number of urea groups is 1. The highest BCUT2D eigenvalue weighted by atomic mass is 32.1. The predicted molar refractivity (Wildman–Crippen MR) is 141 cm³/mol. The van der Waals surface area contributed by atoms with Gasteiger partial charge in [0.15, 0.2) is 0 Å². The Morgan fingerprint density at radius 3 is 2.53 bits per heavy atom. The molecular formula is C26H30N4O7S. The molecule has 38 heavy (non-hydrogen) atoms. The van der Waals surface area contributed by atoms with Crippen LogP contribution in [0.5, 0.6) is 0 Å². The molecule has 2 aromatic rings. The number of benzene rings is 1. The van der Waals surface area contributed by atoms with E-state index >= 15 is 0 Å². The van der Waals surface area contributed by atoms with Crippen molar-refractivity contribution >= 4 is 40.7 Å². The van der Waals surface area contributed by atoms with Crippen molar-refractivity contribution < 1.29 is 28.8 Å². The highest BCUT2D eigenvalue weighted by Crippen LogP contribution is 2.34. The van der Waals surface area contributed by atoms with Crippen molar-refractivity contribution in [1.29, 1.82) is 0 Å². The third-order valence-corrected chi connectivity index (χ3v) is 7.38. The molecule has 1 fully saturated rings. The third kappa shape index (κ3) is 5.96. The maximum absolute atomic E-state index is 12.9. The quantitative estimate of drug-likeness (QED) is 0.288. The fraction of sp³-hybridized carbons (Fsp3) is 0.423. The second kappa shape index (κ2) is 11.6. The van der Waals surface area contributed by atoms with Crippen LogP contribution in [-0.4, -0.2) is 49.2 Å². The van der Waals surface area contributed by atoms with Gasteiger partial charge >= 0.3 is 18.0 Å². The summed E-state index contributed by atoms with van der Waals surface area (Å²) in [6.07, 6.45) is 1.05. The fourth-order valence-electron chi connectivity index (χ4n) is 5.00. The van der Waals surface area contributed by atoms with Crippen LogP contribution in [0.25, 0.3) is 0 Å². The van der Waals surface area contributed by atoms with Gasteiger partial charge < -0.3 is 25.0 Å². The third-order valence-electron chi connectivity index (χ3n) is 6.44. The molecule has 1 saturated heterocycles. The monoisotopic (exact) mass is 542 g/mol. The van der Waals surface area contributed by atoms with Gasteiger partial charge in [0.1, 0.15) is 12.3 Å². The first-order valence-electron chi connectivity index (χ1n) is 12.4. The summed E-state index contributed by atoms with van der Waals surface area (Å²) >= 11 is 1.35. The zero-order valence-corrected chi connectivity index (χ0v) is 22.2. The van der Waals surface area contributed by atoms with Gasteiger partial charge in [-0.05, 0) is 48.8 Å². The SMILES string of the molecule is CCOC(=O)C1=C(COC(=O)c2ccc(N3C[C@H](C)C[C@H](C)C3)c([N+](=O)[O-])c2)NC(=O)N[C@H]1c1cccs1. The molecule has 12 heteroatoms. The Morgan fingerprint density at radius 1 is 1.16 bits per heavy atom. The lowest BCUT2D eigenvalue weighted by atomic mass is 9.91. The number of nitro benzene ring substituents is 1. The molecule has 11 nitrogen and oxygen atoms in total. The number of hydrogen-bond donors (Lipinski definition) is 2. The van der Waals surface area contributed by atoms with Gasteiger partial charge in [-0.3, -0.25) is 10.1 Å². The van der Waals surface area contributed by atoms with Crippen molar-refractivity contribution in [1.82, 2.24) is 10.6 Å². The normalized spacial score (nSPS) is 21.4. The first-order chi connectivity index (χ1) is 18.2. The van der Waals surface area contributed by atoms with Crippen molar-refractivity contribution in [2.75, 3.05) is 31.2 Å². The lowest BCUT2D eigenvalue weighted by Gasteiger charge is -2.36. The van der Waals surface area contributed by atoms with Gasteiger partial charge in [-0.2, -0.15) is 0 Å². The van der Waals surface area contributed by atoms with E-state index < -0.39 is 35.5 Å². The molecule has 0 aliphatic carbocycles. The smallest absolute Gasteiger partial charge is 0.338 e. The molecule has 3 atom stereocenters. The van der Waals surface area contributed by atoms with Gasteiger partial charge in [-0.15, -0.1) is 11.3 Å². The van der Waals surface area contributed by atoms with Crippen LogP contribution in [0.2, 0.25) is 0 Å². The number of piperidine rings is 1. The Hall–Kier alpha value is -3.93. The summed E-state index contributed by atoms with van der Waals surface area (Å²) in [6, 6.07) is 6.50. The average molecular weight is 543 g/mol. The number of nitrogens with one attached hydrogen (secondary N) is 2. The van der Waals surface area contributed by atoms with Crippen molar-refractivity contribution in [3.05, 3.63) is 67.5 Å². The molecule has 2 amide bonds. The van der Waals surface area contributed by atoms with E-state index in [2.05, 4.69) is 24.5 Å². The molecule has 0 bridgehead atoms. The number of rotatable bonds is 8. The van der Waals surface area contributed by atoms with Crippen LogP contribution < -0.4 is 15.5 Å². The number of thiophene rings is 1. The molecule has 2 aliphatic heterocycles. The van der Waals surface area contributed by atoms with Gasteiger partial charge in [0.2, 0.25) is 0 Å². The van der Waals surface area contributed by atoms with E-state index in [1.807, 2.05) is 10.3 Å². The molecule has 0 radical (unpaired) electrons. The number of anilines is 1. The Labute approximate surface area is 223 Å². The highest BCUT2D eigenvalue weighted by molar-refractivity contribution is 7.10. The summed E-state index contributed by atoms with van der Waals surface area (Å²) in [6.45, 7) is 6.96. The van der Waals surface area contributed by atoms with E-state index in [1.165, 1.54) is 23.5 Å². The van der Waals surface area contributed by atoms with Gasteiger partial charge in [0.25, 0.3) is 5.69 Å². The minimum absolute atomic E-state index is 0.00749. The van der Waals surface area contributed by atoms with Crippen LogP contribution in [0, 0.1) is 22.0 Å². The zero-order chi connectivity index (χ0) is 27.4. The van der Waals surface area contributed by atoms with Crippen LogP contribution in [0.4, 0.5) is 16.2 Å². The molecule has 0 spiro atoms. The molecule has 0 unspecified atom stereocenters. The summed E-state index contributed by atoms with van der Waals surface area (Å²) in [5, 5.41) is 18.9. The molecule has 1 aromatic heterocycles. The topological polar surface area (TPSA) is 140 Å². The largest absolute Gasteiger partial charge is 0.463 e. The molecule has 2 aliphatic rings. The summed E-state index contributed by atoms with van der Waals surface area (Å²) in [5.74, 6) is -0.697. The molecular weight excluding hydrogens is 512 g/mol. The van der Waals surface area contributed by atoms with E-state index in [-0.39, 0.29) is 29.1 Å². The fourth-order valence-corrected chi connectivity index (χ4v) is 5.78. The second-order valence-electron chi connectivity index (χ2n) is 9.55. The summed E-state index contributed by atoms with van der Waals surface area (Å²) < 4.78 is 10.6. The van der Waals surface area contributed by atoms with Crippen molar-refractivity contribution in [2.45, 2.75) is 33.2 Å². The molecule has 202 valence electrons. The Bertz CT molecular complexity index is 1250. The lowest BCUT2D eigenvalue weighted by molar-refractivity contribution is -0.384. The summed E-state index contributed by atoms with van der Waals surface area (Å²) in [4.78, 5) is 52.1. The molecule has 2 N–H and O–H groups in total. The van der Waals surface area contributed by atoms with Gasteiger partial charge in [0.05, 0.1) is 34.4 Å². The minimum Gasteiger partial charge on any atom is -0.463 e. The number of nitro groups is 1. The number of esters is 2. The van der Waals surface area contributed by atoms with Gasteiger partial charge in [-0.25, -0.2) is 14.4 Å². The van der Waals surface area contributed by atoms with E-state index in [0.717, 1.165) is 6.42 Å². The number of carbonyl (C=O) groups is 3. The van der Waals surface area contributed by atoms with Crippen molar-refractivity contribution in [3.63, 3.8) is 0 Å². The standard InChI is InChI=1S/C26H30N4O7S/c1-4-36-25(32)22-18(27-26(33)28-23(22)21-6-5-9-38-21)14-37-24(31)17-7-8-19(20(11-17)30(34)35)29-12-15(2)10-16(3)13-29/h5-9,11,15-16,23H,4,10,12-14H2,1-3H3,(H2,27,28,33)/t15-,16+,23-/m0/s1. The van der Waals surface area contributed by atoms with Crippen LogP contribution in [0.15, 0.2) is 47.0 Å². The van der Waals surface area contributed by atoms with Crippen molar-refractivity contribution in [3.8, 4) is 0 Å². The van der Waals surface area contributed by atoms with Crippen molar-refractivity contribution in [2.24, 2.45) is 11.8 Å². The maximum Gasteiger partial charge on any atom is 0.338 e. The molecule has 0 saturated carbocycles. The number of carbonyl (C=O) groups excluding carboxylic acids is 3. The van der Waals surface area contributed by atoms with Crippen LogP contribution >= 0.6 is 11.3 Å². The van der Waals surface area contributed by atoms with Crippen LogP contribution in [-0.2, 0) is 14.3 Å². The molecule has 4 rings (SSSR count). The van der Waals surface area contributed by atoms with Gasteiger partial charge in [0, 0.05) is 24.0 Å². The van der Waals surface area contributed by atoms with Crippen LogP contribution in [0.1, 0.15) is 48.5 Å².